The first-order valence-electron chi connectivity index (χ1n) is 9.56. The van der Waals surface area contributed by atoms with Gasteiger partial charge in [0.25, 0.3) is 0 Å². The number of methoxy groups -OCH3 is 2. The van der Waals surface area contributed by atoms with E-state index in [9.17, 15) is 9.90 Å². The summed E-state index contributed by atoms with van der Waals surface area (Å²) in [6.07, 6.45) is -0.535. The van der Waals surface area contributed by atoms with E-state index in [-0.39, 0.29) is 24.8 Å². The van der Waals surface area contributed by atoms with E-state index < -0.39 is 6.09 Å². The fourth-order valence-electron chi connectivity index (χ4n) is 3.26. The second-order valence-corrected chi connectivity index (χ2v) is 6.67. The molecule has 0 unspecified atom stereocenters. The van der Waals surface area contributed by atoms with Crippen molar-refractivity contribution in [1.29, 1.82) is 0 Å². The molecule has 2 N–H and O–H groups in total. The topological polar surface area (TPSA) is 77.0 Å². The summed E-state index contributed by atoms with van der Waals surface area (Å²) in [6.45, 7) is 0.396. The summed E-state index contributed by atoms with van der Waals surface area (Å²) in [4.78, 5) is 12.3. The second kappa shape index (κ2) is 10.2. The number of ether oxygens (including phenoxy) is 3. The fourth-order valence-corrected chi connectivity index (χ4v) is 3.26. The molecule has 0 fully saturated rings. The lowest BCUT2D eigenvalue weighted by atomic mass is 9.89. The van der Waals surface area contributed by atoms with Crippen LogP contribution >= 0.6 is 0 Å². The van der Waals surface area contributed by atoms with E-state index in [2.05, 4.69) is 5.32 Å². The zero-order valence-corrected chi connectivity index (χ0v) is 17.0. The lowest BCUT2D eigenvalue weighted by Crippen LogP contribution is -2.29. The Kier molecular flexibility index (Phi) is 7.16. The SMILES string of the molecule is COc1cc(O)c([C@@H](CNC(=O)OCc2ccccc2)c2ccccc2)c(OC)c1. The first-order chi connectivity index (χ1) is 14.6. The van der Waals surface area contributed by atoms with Crippen molar-refractivity contribution < 1.29 is 24.1 Å². The lowest BCUT2D eigenvalue weighted by Gasteiger charge is -2.22. The normalized spacial score (nSPS) is 11.4. The average Bonchev–Trinajstić information content (AvgIpc) is 2.79. The summed E-state index contributed by atoms with van der Waals surface area (Å²) in [5.74, 6) is 0.631. The summed E-state index contributed by atoms with van der Waals surface area (Å²) in [6, 6.07) is 22.3. The number of benzene rings is 3. The zero-order valence-electron chi connectivity index (χ0n) is 17.0. The highest BCUT2D eigenvalue weighted by Crippen LogP contribution is 2.41. The molecule has 0 heterocycles. The van der Waals surface area contributed by atoms with Crippen LogP contribution in [0.15, 0.2) is 72.8 Å². The van der Waals surface area contributed by atoms with Crippen molar-refractivity contribution in [3.63, 3.8) is 0 Å². The van der Waals surface area contributed by atoms with Gasteiger partial charge in [-0.3, -0.25) is 0 Å². The Labute approximate surface area is 176 Å². The molecule has 0 aromatic heterocycles. The minimum Gasteiger partial charge on any atom is -0.507 e. The molecule has 0 aliphatic carbocycles. The van der Waals surface area contributed by atoms with E-state index >= 15 is 0 Å². The molecule has 0 aliphatic heterocycles. The summed E-state index contributed by atoms with van der Waals surface area (Å²) >= 11 is 0. The predicted octanol–water partition coefficient (Wildman–Crippen LogP) is 4.47. The Morgan fingerprint density at radius 2 is 1.63 bits per heavy atom. The molecular weight excluding hydrogens is 382 g/mol. The number of hydrogen-bond acceptors (Lipinski definition) is 5. The predicted molar refractivity (Wildman–Crippen MR) is 114 cm³/mol. The molecule has 0 radical (unpaired) electrons. The van der Waals surface area contributed by atoms with Crippen molar-refractivity contribution in [3.8, 4) is 17.2 Å². The van der Waals surface area contributed by atoms with Gasteiger partial charge in [-0.25, -0.2) is 4.79 Å². The number of amides is 1. The number of alkyl carbamates (subject to hydrolysis) is 1. The second-order valence-electron chi connectivity index (χ2n) is 6.67. The van der Waals surface area contributed by atoms with Crippen LogP contribution < -0.4 is 14.8 Å². The molecule has 3 aromatic carbocycles. The highest BCUT2D eigenvalue weighted by molar-refractivity contribution is 5.67. The van der Waals surface area contributed by atoms with Gasteiger partial charge in [-0.1, -0.05) is 60.7 Å². The third-order valence-corrected chi connectivity index (χ3v) is 4.76. The molecule has 30 heavy (non-hydrogen) atoms. The molecule has 0 spiro atoms. The van der Waals surface area contributed by atoms with Gasteiger partial charge in [0.05, 0.1) is 14.2 Å². The van der Waals surface area contributed by atoms with Crippen LogP contribution in [0, 0.1) is 0 Å². The molecule has 3 rings (SSSR count). The Morgan fingerprint density at radius 1 is 0.967 bits per heavy atom. The average molecular weight is 407 g/mol. The van der Waals surface area contributed by atoms with Crippen molar-refractivity contribution >= 4 is 6.09 Å². The smallest absolute Gasteiger partial charge is 0.407 e. The quantitative estimate of drug-likeness (QED) is 0.576. The van der Waals surface area contributed by atoms with Crippen LogP contribution in [0.25, 0.3) is 0 Å². The maximum atomic E-state index is 12.3. The van der Waals surface area contributed by atoms with Crippen molar-refractivity contribution in [3.05, 3.63) is 89.5 Å². The van der Waals surface area contributed by atoms with E-state index in [0.29, 0.717) is 17.1 Å². The Morgan fingerprint density at radius 3 is 2.27 bits per heavy atom. The minimum absolute atomic E-state index is 0.0273. The fraction of sp³-hybridized carbons (Fsp3) is 0.208. The monoisotopic (exact) mass is 407 g/mol. The van der Waals surface area contributed by atoms with E-state index in [4.69, 9.17) is 14.2 Å². The number of phenols is 1. The lowest BCUT2D eigenvalue weighted by molar-refractivity contribution is 0.139. The molecule has 0 saturated heterocycles. The van der Waals surface area contributed by atoms with Crippen LogP contribution in [-0.2, 0) is 11.3 Å². The molecule has 6 nitrogen and oxygen atoms in total. The number of carbonyl (C=O) groups excluding carboxylic acids is 1. The van der Waals surface area contributed by atoms with E-state index in [1.807, 2.05) is 60.7 Å². The maximum absolute atomic E-state index is 12.3. The van der Waals surface area contributed by atoms with Crippen LogP contribution in [0.1, 0.15) is 22.6 Å². The van der Waals surface area contributed by atoms with Gasteiger partial charge in [-0.05, 0) is 11.1 Å². The van der Waals surface area contributed by atoms with Crippen LogP contribution in [0.5, 0.6) is 17.2 Å². The molecule has 0 aliphatic rings. The van der Waals surface area contributed by atoms with E-state index in [1.54, 1.807) is 6.07 Å². The van der Waals surface area contributed by atoms with Crippen LogP contribution in [-0.4, -0.2) is 32.0 Å². The van der Waals surface area contributed by atoms with Gasteiger partial charge in [0, 0.05) is 30.2 Å². The van der Waals surface area contributed by atoms with Crippen LogP contribution in [0.3, 0.4) is 0 Å². The van der Waals surface area contributed by atoms with Gasteiger partial charge in [-0.2, -0.15) is 0 Å². The Balaban J connectivity index is 1.80. The van der Waals surface area contributed by atoms with E-state index in [0.717, 1.165) is 11.1 Å². The van der Waals surface area contributed by atoms with Gasteiger partial charge in [-0.15, -0.1) is 0 Å². The molecule has 3 aromatic rings. The molecule has 1 amide bonds. The summed E-state index contributed by atoms with van der Waals surface area (Å²) in [5.41, 5.74) is 2.38. The van der Waals surface area contributed by atoms with Crippen molar-refractivity contribution in [2.75, 3.05) is 20.8 Å². The Bertz CT molecular complexity index is 960. The molecule has 0 bridgehead atoms. The standard InChI is InChI=1S/C24H25NO5/c1-28-19-13-21(26)23(22(14-19)29-2)20(18-11-7-4-8-12-18)15-25-24(27)30-16-17-9-5-3-6-10-17/h3-14,20,26H,15-16H2,1-2H3,(H,25,27)/t20-/m0/s1. The van der Waals surface area contributed by atoms with Crippen molar-refractivity contribution in [2.45, 2.75) is 12.5 Å². The Hall–Kier alpha value is -3.67. The number of rotatable bonds is 8. The molecule has 0 saturated carbocycles. The van der Waals surface area contributed by atoms with Gasteiger partial charge < -0.3 is 24.6 Å². The first kappa shape index (κ1) is 21.0. The summed E-state index contributed by atoms with van der Waals surface area (Å²) < 4.78 is 16.0. The number of phenolic OH excluding ortho intramolecular Hbond substituents is 1. The third kappa shape index (κ3) is 5.23. The number of carbonyl (C=O) groups is 1. The maximum Gasteiger partial charge on any atom is 0.407 e. The van der Waals surface area contributed by atoms with Crippen molar-refractivity contribution in [1.82, 2.24) is 5.32 Å². The molecule has 6 heteroatoms. The highest BCUT2D eigenvalue weighted by atomic mass is 16.5. The summed E-state index contributed by atoms with van der Waals surface area (Å²) in [7, 11) is 3.05. The van der Waals surface area contributed by atoms with Gasteiger partial charge >= 0.3 is 6.09 Å². The zero-order chi connectivity index (χ0) is 21.3. The van der Waals surface area contributed by atoms with Gasteiger partial charge in [0.1, 0.15) is 23.9 Å². The minimum atomic E-state index is -0.535. The number of aromatic hydroxyl groups is 1. The van der Waals surface area contributed by atoms with Crippen LogP contribution in [0.4, 0.5) is 4.79 Å². The number of nitrogens with one attached hydrogen (secondary N) is 1. The van der Waals surface area contributed by atoms with Crippen LogP contribution in [0.2, 0.25) is 0 Å². The van der Waals surface area contributed by atoms with E-state index in [1.165, 1.54) is 20.3 Å². The largest absolute Gasteiger partial charge is 0.507 e. The van der Waals surface area contributed by atoms with Gasteiger partial charge in [0.15, 0.2) is 0 Å². The molecule has 1 atom stereocenters. The molecule has 156 valence electrons. The highest BCUT2D eigenvalue weighted by Gasteiger charge is 2.24. The molecular formula is C24H25NO5. The van der Waals surface area contributed by atoms with Gasteiger partial charge in [0.2, 0.25) is 0 Å². The van der Waals surface area contributed by atoms with Crippen molar-refractivity contribution in [2.24, 2.45) is 0 Å². The third-order valence-electron chi connectivity index (χ3n) is 4.76. The number of hydrogen-bond donors (Lipinski definition) is 2. The first-order valence-corrected chi connectivity index (χ1v) is 9.56. The summed E-state index contributed by atoms with van der Waals surface area (Å²) in [5, 5.41) is 13.5.